The van der Waals surface area contributed by atoms with Crippen LogP contribution in [-0.2, 0) is 9.59 Å². The van der Waals surface area contributed by atoms with Crippen molar-refractivity contribution >= 4 is 11.8 Å². The molecule has 4 heteroatoms. The van der Waals surface area contributed by atoms with Crippen molar-refractivity contribution in [1.29, 1.82) is 0 Å². The molecule has 1 aliphatic carbocycles. The van der Waals surface area contributed by atoms with Gasteiger partial charge >= 0.3 is 0 Å². The average molecular weight is 264 g/mol. The van der Waals surface area contributed by atoms with Crippen LogP contribution >= 0.6 is 0 Å². The molecule has 0 radical (unpaired) electrons. The molecule has 3 rings (SSSR count). The van der Waals surface area contributed by atoms with E-state index in [-0.39, 0.29) is 17.9 Å². The molecule has 0 aromatic heterocycles. The van der Waals surface area contributed by atoms with Gasteiger partial charge in [0.05, 0.1) is 0 Å². The lowest BCUT2D eigenvalue weighted by Crippen LogP contribution is -2.47. The highest BCUT2D eigenvalue weighted by atomic mass is 16.2. The van der Waals surface area contributed by atoms with E-state index in [4.69, 9.17) is 0 Å². The van der Waals surface area contributed by atoms with E-state index in [1.54, 1.807) is 0 Å². The van der Waals surface area contributed by atoms with Gasteiger partial charge in [-0.05, 0) is 31.6 Å². The summed E-state index contributed by atoms with van der Waals surface area (Å²) in [6.07, 6.45) is 7.17. The van der Waals surface area contributed by atoms with Crippen molar-refractivity contribution in [2.75, 3.05) is 13.1 Å². The summed E-state index contributed by atoms with van der Waals surface area (Å²) in [5.41, 5.74) is 0. The Labute approximate surface area is 115 Å². The first-order valence-electron chi connectivity index (χ1n) is 7.80. The topological polar surface area (TPSA) is 40.6 Å². The Balaban J connectivity index is 1.75. The van der Waals surface area contributed by atoms with Crippen LogP contribution in [0.5, 0.6) is 0 Å². The zero-order valence-electron chi connectivity index (χ0n) is 11.8. The van der Waals surface area contributed by atoms with E-state index in [2.05, 4.69) is 6.92 Å². The zero-order valence-corrected chi connectivity index (χ0v) is 11.8. The van der Waals surface area contributed by atoms with E-state index in [1.165, 1.54) is 12.8 Å². The third-order valence-electron chi connectivity index (χ3n) is 4.92. The van der Waals surface area contributed by atoms with E-state index in [0.717, 1.165) is 38.1 Å². The quantitative estimate of drug-likeness (QED) is 0.776. The minimum atomic E-state index is -0.150. The molecule has 2 unspecified atom stereocenters. The molecule has 3 fully saturated rings. The van der Waals surface area contributed by atoms with Gasteiger partial charge in [0.2, 0.25) is 11.8 Å². The molecule has 4 nitrogen and oxygen atoms in total. The molecule has 2 amide bonds. The molecule has 0 bridgehead atoms. The van der Waals surface area contributed by atoms with Gasteiger partial charge in [-0.1, -0.05) is 19.8 Å². The lowest BCUT2D eigenvalue weighted by Gasteiger charge is -2.32. The smallest absolute Gasteiger partial charge is 0.245 e. The molecule has 106 valence electrons. The lowest BCUT2D eigenvalue weighted by molar-refractivity contribution is -0.140. The van der Waals surface area contributed by atoms with Crippen LogP contribution in [0.4, 0.5) is 0 Å². The molecule has 2 saturated heterocycles. The van der Waals surface area contributed by atoms with Crippen molar-refractivity contribution in [2.24, 2.45) is 5.92 Å². The van der Waals surface area contributed by atoms with Gasteiger partial charge < -0.3 is 9.80 Å². The second kappa shape index (κ2) is 5.14. The van der Waals surface area contributed by atoms with Crippen LogP contribution in [0.15, 0.2) is 0 Å². The normalized spacial score (nSPS) is 29.4. The summed E-state index contributed by atoms with van der Waals surface area (Å²) in [5, 5.41) is 0. The van der Waals surface area contributed by atoms with E-state index in [9.17, 15) is 9.59 Å². The van der Waals surface area contributed by atoms with Crippen molar-refractivity contribution < 1.29 is 9.59 Å². The zero-order chi connectivity index (χ0) is 13.4. The fourth-order valence-electron chi connectivity index (χ4n) is 3.60. The van der Waals surface area contributed by atoms with Gasteiger partial charge in [-0.3, -0.25) is 9.59 Å². The number of carbonyl (C=O) groups is 2. The Hall–Kier alpha value is -1.06. The first-order chi connectivity index (χ1) is 9.20. The number of nitrogens with zero attached hydrogens (tertiary/aromatic N) is 2. The highest BCUT2D eigenvalue weighted by Gasteiger charge is 2.41. The number of hydrogen-bond acceptors (Lipinski definition) is 2. The van der Waals surface area contributed by atoms with E-state index in [0.29, 0.717) is 19.0 Å². The van der Waals surface area contributed by atoms with Gasteiger partial charge in [-0.2, -0.15) is 0 Å². The molecule has 2 aliphatic heterocycles. The maximum atomic E-state index is 12.7. The molecule has 0 aromatic rings. The molecular weight excluding hydrogens is 240 g/mol. The molecule has 3 aliphatic rings. The molecule has 19 heavy (non-hydrogen) atoms. The lowest BCUT2D eigenvalue weighted by atomic mass is 10.0. The summed E-state index contributed by atoms with van der Waals surface area (Å²) in [5.74, 6) is 1.23. The van der Waals surface area contributed by atoms with Crippen LogP contribution in [0.3, 0.4) is 0 Å². The Morgan fingerprint density at radius 1 is 1.21 bits per heavy atom. The summed E-state index contributed by atoms with van der Waals surface area (Å²) in [6.45, 7) is 3.58. The highest BCUT2D eigenvalue weighted by Crippen LogP contribution is 2.36. The summed E-state index contributed by atoms with van der Waals surface area (Å²) in [7, 11) is 0. The minimum Gasteiger partial charge on any atom is -0.337 e. The molecule has 1 saturated carbocycles. The molecule has 0 N–H and O–H groups in total. The van der Waals surface area contributed by atoms with Crippen LogP contribution in [0, 0.1) is 5.92 Å². The second-order valence-electron chi connectivity index (χ2n) is 6.27. The first-order valence-corrected chi connectivity index (χ1v) is 7.80. The SMILES string of the molecule is CCC(CC1CC1)N1CCC(=O)N2CCCC2C1=O. The number of fused-ring (bicyclic) bond motifs is 1. The van der Waals surface area contributed by atoms with Crippen LogP contribution in [0.2, 0.25) is 0 Å². The van der Waals surface area contributed by atoms with E-state index < -0.39 is 0 Å². The predicted molar refractivity (Wildman–Crippen MR) is 72.5 cm³/mol. The maximum absolute atomic E-state index is 12.7. The molecule has 2 atom stereocenters. The average Bonchev–Trinajstić information content (AvgIpc) is 3.11. The van der Waals surface area contributed by atoms with Crippen LogP contribution in [-0.4, -0.2) is 46.8 Å². The van der Waals surface area contributed by atoms with E-state index >= 15 is 0 Å². The fraction of sp³-hybridized carbons (Fsp3) is 0.867. The largest absolute Gasteiger partial charge is 0.337 e. The molecule has 0 aromatic carbocycles. The minimum absolute atomic E-state index is 0.150. The third kappa shape index (κ3) is 2.49. The van der Waals surface area contributed by atoms with Crippen molar-refractivity contribution in [3.05, 3.63) is 0 Å². The Morgan fingerprint density at radius 2 is 2.00 bits per heavy atom. The number of amides is 2. The molecule has 0 spiro atoms. The molecular formula is C15H24N2O2. The number of rotatable bonds is 4. The standard InChI is InChI=1S/C15H24N2O2/c1-2-12(10-11-5-6-11)16-9-7-14(18)17-8-3-4-13(17)15(16)19/h11-13H,2-10H2,1H3. The summed E-state index contributed by atoms with van der Waals surface area (Å²) >= 11 is 0. The van der Waals surface area contributed by atoms with Crippen molar-refractivity contribution in [2.45, 2.75) is 64.0 Å². The summed E-state index contributed by atoms with van der Waals surface area (Å²) in [4.78, 5) is 28.6. The first kappa shape index (κ1) is 12.9. The monoisotopic (exact) mass is 264 g/mol. The van der Waals surface area contributed by atoms with Crippen LogP contribution in [0.1, 0.15) is 51.9 Å². The van der Waals surface area contributed by atoms with Gasteiger partial charge in [-0.15, -0.1) is 0 Å². The van der Waals surface area contributed by atoms with Crippen molar-refractivity contribution in [3.63, 3.8) is 0 Å². The Morgan fingerprint density at radius 3 is 2.68 bits per heavy atom. The van der Waals surface area contributed by atoms with Crippen molar-refractivity contribution in [1.82, 2.24) is 9.80 Å². The van der Waals surface area contributed by atoms with Gasteiger partial charge in [0.25, 0.3) is 0 Å². The number of hydrogen-bond donors (Lipinski definition) is 0. The Kier molecular flexibility index (Phi) is 3.50. The highest BCUT2D eigenvalue weighted by molar-refractivity contribution is 5.90. The maximum Gasteiger partial charge on any atom is 0.245 e. The summed E-state index contributed by atoms with van der Waals surface area (Å²) < 4.78 is 0. The second-order valence-corrected chi connectivity index (χ2v) is 6.27. The van der Waals surface area contributed by atoms with Crippen LogP contribution < -0.4 is 0 Å². The van der Waals surface area contributed by atoms with Gasteiger partial charge in [0, 0.05) is 25.6 Å². The van der Waals surface area contributed by atoms with Gasteiger partial charge in [0.1, 0.15) is 6.04 Å². The fourth-order valence-corrected chi connectivity index (χ4v) is 3.60. The van der Waals surface area contributed by atoms with E-state index in [1.807, 2.05) is 9.80 Å². The predicted octanol–water partition coefficient (Wildman–Crippen LogP) is 1.79. The Bertz CT molecular complexity index is 378. The van der Waals surface area contributed by atoms with Crippen LogP contribution in [0.25, 0.3) is 0 Å². The number of carbonyl (C=O) groups excluding carboxylic acids is 2. The van der Waals surface area contributed by atoms with Gasteiger partial charge in [-0.25, -0.2) is 0 Å². The molecule has 2 heterocycles. The van der Waals surface area contributed by atoms with Crippen molar-refractivity contribution in [3.8, 4) is 0 Å². The summed E-state index contributed by atoms with van der Waals surface area (Å²) in [6, 6.07) is 0.205. The van der Waals surface area contributed by atoms with Gasteiger partial charge in [0.15, 0.2) is 0 Å². The third-order valence-corrected chi connectivity index (χ3v) is 4.92.